The van der Waals surface area contributed by atoms with Crippen LogP contribution in [0.1, 0.15) is 17.2 Å². The molecule has 1 atom stereocenters. The molecule has 1 aromatic carbocycles. The molecule has 0 bridgehead atoms. The van der Waals surface area contributed by atoms with Crippen LogP contribution < -0.4 is 5.32 Å². The molecule has 1 heterocycles. The van der Waals surface area contributed by atoms with Crippen molar-refractivity contribution in [1.82, 2.24) is 5.32 Å². The molecular weight excluding hydrogens is 181 g/mol. The monoisotopic (exact) mass is 195 g/mol. The average molecular weight is 195 g/mol. The molecule has 1 unspecified atom stereocenters. The van der Waals surface area contributed by atoms with Gasteiger partial charge in [0.25, 0.3) is 0 Å². The highest BCUT2D eigenvalue weighted by atomic mass is 19.1. The molecule has 0 radical (unpaired) electrons. The Hall–Kier alpha value is -0.930. The number of hydrogen-bond acceptors (Lipinski definition) is 2. The molecule has 0 saturated carbocycles. The normalized spacial score (nSPS) is 22.2. The lowest BCUT2D eigenvalue weighted by Crippen LogP contribution is -2.33. The van der Waals surface area contributed by atoms with Gasteiger partial charge < -0.3 is 10.1 Å². The third-order valence-corrected chi connectivity index (χ3v) is 2.40. The Morgan fingerprint density at radius 2 is 2.43 bits per heavy atom. The molecule has 1 N–H and O–H groups in total. The maximum atomic E-state index is 12.4. The van der Waals surface area contributed by atoms with E-state index in [1.165, 1.54) is 0 Å². The van der Waals surface area contributed by atoms with E-state index in [1.807, 2.05) is 18.2 Å². The molecule has 2 rings (SSSR count). The van der Waals surface area contributed by atoms with Crippen LogP contribution in [0.15, 0.2) is 24.3 Å². The predicted molar refractivity (Wildman–Crippen MR) is 52.8 cm³/mol. The molecule has 1 aromatic rings. The third-order valence-electron chi connectivity index (χ3n) is 2.40. The molecule has 1 aliphatic heterocycles. The van der Waals surface area contributed by atoms with E-state index >= 15 is 0 Å². The summed E-state index contributed by atoms with van der Waals surface area (Å²) in [6.07, 6.45) is 0.0789. The second-order valence-corrected chi connectivity index (χ2v) is 3.44. The summed E-state index contributed by atoms with van der Waals surface area (Å²) in [5.41, 5.74) is 1.78. The molecule has 2 nitrogen and oxygen atoms in total. The number of nitrogens with one attached hydrogen (secondary N) is 1. The van der Waals surface area contributed by atoms with Gasteiger partial charge >= 0.3 is 0 Å². The number of rotatable bonds is 2. The first-order valence-electron chi connectivity index (χ1n) is 4.87. The van der Waals surface area contributed by atoms with Gasteiger partial charge in [-0.25, -0.2) is 4.39 Å². The first kappa shape index (κ1) is 9.62. The van der Waals surface area contributed by atoms with Crippen LogP contribution >= 0.6 is 0 Å². The fraction of sp³-hybridized carbons (Fsp3) is 0.455. The van der Waals surface area contributed by atoms with Crippen LogP contribution in [0.3, 0.4) is 0 Å². The Labute approximate surface area is 83.1 Å². The van der Waals surface area contributed by atoms with Crippen LogP contribution in [0.4, 0.5) is 4.39 Å². The van der Waals surface area contributed by atoms with E-state index in [2.05, 4.69) is 5.32 Å². The van der Waals surface area contributed by atoms with Gasteiger partial charge in [-0.05, 0) is 11.1 Å². The molecular formula is C11H14FNO. The molecule has 1 aliphatic rings. The van der Waals surface area contributed by atoms with Crippen molar-refractivity contribution in [2.75, 3.05) is 19.7 Å². The summed E-state index contributed by atoms with van der Waals surface area (Å²) in [6, 6.07) is 7.52. The molecule has 14 heavy (non-hydrogen) atoms. The summed E-state index contributed by atoms with van der Waals surface area (Å²) in [7, 11) is 0. The van der Waals surface area contributed by atoms with Gasteiger partial charge in [-0.15, -0.1) is 0 Å². The minimum Gasteiger partial charge on any atom is -0.371 e. The van der Waals surface area contributed by atoms with E-state index in [0.717, 1.165) is 30.8 Å². The van der Waals surface area contributed by atoms with Gasteiger partial charge in [0, 0.05) is 13.1 Å². The Bertz CT molecular complexity index is 297. The van der Waals surface area contributed by atoms with Gasteiger partial charge in [-0.3, -0.25) is 0 Å². The highest BCUT2D eigenvalue weighted by Gasteiger charge is 2.15. The number of benzene rings is 1. The fourth-order valence-corrected chi connectivity index (χ4v) is 1.66. The quantitative estimate of drug-likeness (QED) is 0.777. The second-order valence-electron chi connectivity index (χ2n) is 3.44. The topological polar surface area (TPSA) is 21.3 Å². The molecule has 3 heteroatoms. The molecule has 0 aromatic heterocycles. The van der Waals surface area contributed by atoms with Crippen molar-refractivity contribution in [2.45, 2.75) is 12.8 Å². The summed E-state index contributed by atoms with van der Waals surface area (Å²) in [4.78, 5) is 0. The number of ether oxygens (including phenoxy) is 1. The van der Waals surface area contributed by atoms with E-state index in [9.17, 15) is 4.39 Å². The lowest BCUT2D eigenvalue weighted by atomic mass is 10.1. The van der Waals surface area contributed by atoms with Crippen LogP contribution in [0.2, 0.25) is 0 Å². The van der Waals surface area contributed by atoms with Crippen LogP contribution in [0.25, 0.3) is 0 Å². The summed E-state index contributed by atoms with van der Waals surface area (Å²) in [5.74, 6) is 0. The molecule has 1 fully saturated rings. The number of alkyl halides is 1. The lowest BCUT2D eigenvalue weighted by molar-refractivity contribution is 0.0276. The lowest BCUT2D eigenvalue weighted by Gasteiger charge is -2.24. The predicted octanol–water partition coefficient (Wildman–Crippen LogP) is 1.82. The standard InChI is InChI=1S/C11H14FNO/c12-7-9-2-1-3-10(6-9)11-8-13-4-5-14-11/h1-3,6,11,13H,4-5,7-8H2. The van der Waals surface area contributed by atoms with Crippen LogP contribution in [-0.4, -0.2) is 19.7 Å². The van der Waals surface area contributed by atoms with Crippen molar-refractivity contribution >= 4 is 0 Å². The Balaban J connectivity index is 2.13. The van der Waals surface area contributed by atoms with Gasteiger partial charge in [-0.1, -0.05) is 24.3 Å². The molecule has 1 saturated heterocycles. The van der Waals surface area contributed by atoms with Crippen molar-refractivity contribution in [2.24, 2.45) is 0 Å². The first-order valence-corrected chi connectivity index (χ1v) is 4.87. The van der Waals surface area contributed by atoms with Crippen molar-refractivity contribution in [1.29, 1.82) is 0 Å². The summed E-state index contributed by atoms with van der Waals surface area (Å²) < 4.78 is 18.0. The molecule has 76 valence electrons. The summed E-state index contributed by atoms with van der Waals surface area (Å²) in [6.45, 7) is 2.04. The molecule has 0 amide bonds. The van der Waals surface area contributed by atoms with Crippen molar-refractivity contribution < 1.29 is 9.13 Å². The molecule has 0 spiro atoms. The Morgan fingerprint density at radius 1 is 1.50 bits per heavy atom. The Morgan fingerprint density at radius 3 is 3.14 bits per heavy atom. The fourth-order valence-electron chi connectivity index (χ4n) is 1.66. The Kier molecular flexibility index (Phi) is 3.11. The van der Waals surface area contributed by atoms with Crippen molar-refractivity contribution in [3.05, 3.63) is 35.4 Å². The van der Waals surface area contributed by atoms with E-state index in [-0.39, 0.29) is 6.10 Å². The van der Waals surface area contributed by atoms with Gasteiger partial charge in [0.2, 0.25) is 0 Å². The van der Waals surface area contributed by atoms with E-state index < -0.39 is 6.67 Å². The van der Waals surface area contributed by atoms with Crippen molar-refractivity contribution in [3.63, 3.8) is 0 Å². The van der Waals surface area contributed by atoms with Gasteiger partial charge in [0.15, 0.2) is 0 Å². The zero-order valence-electron chi connectivity index (χ0n) is 8.00. The average Bonchev–Trinajstić information content (AvgIpc) is 2.30. The van der Waals surface area contributed by atoms with E-state index in [1.54, 1.807) is 6.07 Å². The zero-order valence-corrected chi connectivity index (χ0v) is 8.00. The summed E-state index contributed by atoms with van der Waals surface area (Å²) in [5, 5.41) is 3.25. The maximum Gasteiger partial charge on any atom is 0.115 e. The largest absolute Gasteiger partial charge is 0.371 e. The van der Waals surface area contributed by atoms with E-state index in [0.29, 0.717) is 0 Å². The second kappa shape index (κ2) is 4.53. The van der Waals surface area contributed by atoms with Crippen LogP contribution in [-0.2, 0) is 11.4 Å². The highest BCUT2D eigenvalue weighted by molar-refractivity contribution is 5.25. The van der Waals surface area contributed by atoms with Crippen LogP contribution in [0.5, 0.6) is 0 Å². The van der Waals surface area contributed by atoms with E-state index in [4.69, 9.17) is 4.74 Å². The number of morpholine rings is 1. The van der Waals surface area contributed by atoms with Gasteiger partial charge in [0.05, 0.1) is 12.7 Å². The van der Waals surface area contributed by atoms with Gasteiger partial charge in [-0.2, -0.15) is 0 Å². The zero-order chi connectivity index (χ0) is 9.80. The van der Waals surface area contributed by atoms with Gasteiger partial charge in [0.1, 0.15) is 6.67 Å². The minimum atomic E-state index is -0.409. The van der Waals surface area contributed by atoms with Crippen LogP contribution in [0, 0.1) is 0 Å². The number of halogens is 1. The summed E-state index contributed by atoms with van der Waals surface area (Å²) >= 11 is 0. The highest BCUT2D eigenvalue weighted by Crippen LogP contribution is 2.19. The maximum absolute atomic E-state index is 12.4. The third kappa shape index (κ3) is 2.11. The first-order chi connectivity index (χ1) is 6.90. The number of hydrogen-bond donors (Lipinski definition) is 1. The molecule has 0 aliphatic carbocycles. The minimum absolute atomic E-state index is 0.0789. The SMILES string of the molecule is FCc1cccc(C2CNCCO2)c1. The van der Waals surface area contributed by atoms with Crippen molar-refractivity contribution in [3.8, 4) is 0 Å². The smallest absolute Gasteiger partial charge is 0.115 e.